The summed E-state index contributed by atoms with van der Waals surface area (Å²) in [6, 6.07) is 21.8. The van der Waals surface area contributed by atoms with Crippen LogP contribution >= 0.6 is 11.6 Å². The number of carbonyl (C=O) groups excluding carboxylic acids is 2. The molecule has 8 heteroatoms. The van der Waals surface area contributed by atoms with Crippen molar-refractivity contribution in [2.75, 3.05) is 19.0 Å². The number of halogens is 1. The summed E-state index contributed by atoms with van der Waals surface area (Å²) >= 11 is 5.97. The van der Waals surface area contributed by atoms with Gasteiger partial charge in [-0.2, -0.15) is 5.10 Å². The standard InChI is InChI=1S/C25H23ClN4O3/c1-33-19-10-7-17(8-11-19)23-14-22(16-5-3-2-4-6-16)29-30(23)24(31)15-28-21-12-9-18(26)13-20(21)25(27)32/h2-13,23,28H,14-15H2,1H3,(H2,27,32). The Morgan fingerprint density at radius 1 is 1.12 bits per heavy atom. The Kier molecular flexibility index (Phi) is 6.60. The Morgan fingerprint density at radius 2 is 1.85 bits per heavy atom. The molecule has 0 fully saturated rings. The maximum absolute atomic E-state index is 13.2. The lowest BCUT2D eigenvalue weighted by Crippen LogP contribution is -2.32. The Morgan fingerprint density at radius 3 is 2.52 bits per heavy atom. The first kappa shape index (κ1) is 22.4. The maximum Gasteiger partial charge on any atom is 0.262 e. The van der Waals surface area contributed by atoms with Crippen molar-refractivity contribution in [3.8, 4) is 5.75 Å². The molecule has 1 aliphatic rings. The lowest BCUT2D eigenvalue weighted by atomic mass is 9.98. The first-order valence-electron chi connectivity index (χ1n) is 10.4. The number of hydrazone groups is 1. The second-order valence-electron chi connectivity index (χ2n) is 7.55. The number of anilines is 1. The highest BCUT2D eigenvalue weighted by Gasteiger charge is 2.33. The third-order valence-corrected chi connectivity index (χ3v) is 5.69. The van der Waals surface area contributed by atoms with Gasteiger partial charge in [-0.25, -0.2) is 5.01 Å². The molecule has 0 radical (unpaired) electrons. The van der Waals surface area contributed by atoms with Crippen LogP contribution in [0.3, 0.4) is 0 Å². The van der Waals surface area contributed by atoms with E-state index in [4.69, 9.17) is 22.1 Å². The van der Waals surface area contributed by atoms with Gasteiger partial charge in [0.05, 0.1) is 31.0 Å². The maximum atomic E-state index is 13.2. The van der Waals surface area contributed by atoms with E-state index in [9.17, 15) is 9.59 Å². The molecule has 7 nitrogen and oxygen atoms in total. The Labute approximate surface area is 196 Å². The van der Waals surface area contributed by atoms with E-state index in [0.29, 0.717) is 17.1 Å². The number of carbonyl (C=O) groups is 2. The molecule has 3 aromatic rings. The van der Waals surface area contributed by atoms with Gasteiger partial charge < -0.3 is 15.8 Å². The molecule has 0 spiro atoms. The second-order valence-corrected chi connectivity index (χ2v) is 7.99. The molecule has 0 aliphatic carbocycles. The van der Waals surface area contributed by atoms with E-state index in [1.807, 2.05) is 54.6 Å². The lowest BCUT2D eigenvalue weighted by Gasteiger charge is -2.23. The Balaban J connectivity index is 1.59. The second kappa shape index (κ2) is 9.75. The molecule has 0 bridgehead atoms. The molecule has 1 unspecified atom stereocenters. The van der Waals surface area contributed by atoms with Gasteiger partial charge in [0.25, 0.3) is 11.8 Å². The predicted molar refractivity (Wildman–Crippen MR) is 129 cm³/mol. The van der Waals surface area contributed by atoms with Gasteiger partial charge in [0.15, 0.2) is 0 Å². The first-order chi connectivity index (χ1) is 16.0. The van der Waals surface area contributed by atoms with Gasteiger partial charge in [-0.15, -0.1) is 0 Å². The van der Waals surface area contributed by atoms with Crippen LogP contribution in [0, 0.1) is 0 Å². The molecular weight excluding hydrogens is 440 g/mol. The molecule has 168 valence electrons. The summed E-state index contributed by atoms with van der Waals surface area (Å²) < 4.78 is 5.26. The van der Waals surface area contributed by atoms with Crippen molar-refractivity contribution in [3.63, 3.8) is 0 Å². The fourth-order valence-corrected chi connectivity index (χ4v) is 3.93. The van der Waals surface area contributed by atoms with Gasteiger partial charge in [-0.05, 0) is 41.5 Å². The molecule has 3 aromatic carbocycles. The average Bonchev–Trinajstić information content (AvgIpc) is 3.29. The first-order valence-corrected chi connectivity index (χ1v) is 10.8. The zero-order chi connectivity index (χ0) is 23.4. The van der Waals surface area contributed by atoms with Gasteiger partial charge in [-0.1, -0.05) is 54.1 Å². The molecule has 0 aromatic heterocycles. The number of ether oxygens (including phenoxy) is 1. The number of hydrogen-bond donors (Lipinski definition) is 2. The number of methoxy groups -OCH3 is 1. The summed E-state index contributed by atoms with van der Waals surface area (Å²) in [5.74, 6) is -0.136. The zero-order valence-electron chi connectivity index (χ0n) is 18.0. The van der Waals surface area contributed by atoms with Crippen molar-refractivity contribution < 1.29 is 14.3 Å². The van der Waals surface area contributed by atoms with Gasteiger partial charge in [0.2, 0.25) is 0 Å². The minimum absolute atomic E-state index is 0.0693. The van der Waals surface area contributed by atoms with Crippen molar-refractivity contribution in [1.82, 2.24) is 5.01 Å². The number of hydrogen-bond acceptors (Lipinski definition) is 5. The summed E-state index contributed by atoms with van der Waals surface area (Å²) in [4.78, 5) is 25.0. The van der Waals surface area contributed by atoms with E-state index in [0.717, 1.165) is 22.6 Å². The predicted octanol–water partition coefficient (Wildman–Crippen LogP) is 4.24. The number of amides is 2. The van der Waals surface area contributed by atoms with Crippen molar-refractivity contribution in [2.45, 2.75) is 12.5 Å². The normalized spacial score (nSPS) is 15.2. The molecule has 1 aliphatic heterocycles. The van der Waals surface area contributed by atoms with Crippen molar-refractivity contribution in [2.24, 2.45) is 10.8 Å². The fraction of sp³-hybridized carbons (Fsp3) is 0.160. The molecule has 0 saturated heterocycles. The topological polar surface area (TPSA) is 97.0 Å². The van der Waals surface area contributed by atoms with Gasteiger partial charge in [0.1, 0.15) is 5.75 Å². The molecule has 1 atom stereocenters. The van der Waals surface area contributed by atoms with Crippen LogP contribution in [0.25, 0.3) is 0 Å². The van der Waals surface area contributed by atoms with Crippen LogP contribution in [-0.4, -0.2) is 36.2 Å². The summed E-state index contributed by atoms with van der Waals surface area (Å²) in [6.07, 6.45) is 0.579. The quantitative estimate of drug-likeness (QED) is 0.548. The molecular formula is C25H23ClN4O3. The highest BCUT2D eigenvalue weighted by Crippen LogP contribution is 2.33. The van der Waals surface area contributed by atoms with Gasteiger partial charge >= 0.3 is 0 Å². The molecule has 33 heavy (non-hydrogen) atoms. The number of primary amides is 1. The fourth-order valence-electron chi connectivity index (χ4n) is 3.76. The molecule has 3 N–H and O–H groups in total. The lowest BCUT2D eigenvalue weighted by molar-refractivity contribution is -0.131. The molecule has 0 saturated carbocycles. The van der Waals surface area contributed by atoms with E-state index in [-0.39, 0.29) is 24.1 Å². The highest BCUT2D eigenvalue weighted by atomic mass is 35.5. The van der Waals surface area contributed by atoms with Crippen molar-refractivity contribution in [3.05, 3.63) is 94.5 Å². The summed E-state index contributed by atoms with van der Waals surface area (Å²) in [5.41, 5.74) is 8.85. The number of benzene rings is 3. The highest BCUT2D eigenvalue weighted by molar-refractivity contribution is 6.31. The summed E-state index contributed by atoms with van der Waals surface area (Å²) in [5, 5.41) is 9.55. The van der Waals surface area contributed by atoms with Crippen LogP contribution in [0.1, 0.15) is 33.9 Å². The number of nitrogens with two attached hydrogens (primary N) is 1. The minimum Gasteiger partial charge on any atom is -0.497 e. The largest absolute Gasteiger partial charge is 0.497 e. The van der Waals surface area contributed by atoms with E-state index >= 15 is 0 Å². The Bertz CT molecular complexity index is 1200. The zero-order valence-corrected chi connectivity index (χ0v) is 18.8. The van der Waals surface area contributed by atoms with E-state index < -0.39 is 5.91 Å². The van der Waals surface area contributed by atoms with E-state index in [1.165, 1.54) is 11.1 Å². The minimum atomic E-state index is -0.630. The van der Waals surface area contributed by atoms with Crippen LogP contribution in [0.15, 0.2) is 77.9 Å². The SMILES string of the molecule is COc1ccc(C2CC(c3ccccc3)=NN2C(=O)CNc2ccc(Cl)cc2C(N)=O)cc1. The summed E-state index contributed by atoms with van der Waals surface area (Å²) in [7, 11) is 1.61. The van der Waals surface area contributed by atoms with E-state index in [1.54, 1.807) is 19.2 Å². The van der Waals surface area contributed by atoms with Crippen LogP contribution in [0.4, 0.5) is 5.69 Å². The van der Waals surface area contributed by atoms with Crippen LogP contribution < -0.4 is 15.8 Å². The number of nitrogens with zero attached hydrogens (tertiary/aromatic N) is 2. The molecule has 1 heterocycles. The van der Waals surface area contributed by atoms with Crippen LogP contribution in [0.5, 0.6) is 5.75 Å². The average molecular weight is 463 g/mol. The monoisotopic (exact) mass is 462 g/mol. The summed E-state index contributed by atoms with van der Waals surface area (Å²) in [6.45, 7) is -0.0693. The smallest absolute Gasteiger partial charge is 0.262 e. The molecule has 2 amide bonds. The number of nitrogens with one attached hydrogen (secondary N) is 1. The Hall–Kier alpha value is -3.84. The van der Waals surface area contributed by atoms with Crippen LogP contribution in [-0.2, 0) is 4.79 Å². The van der Waals surface area contributed by atoms with Crippen molar-refractivity contribution in [1.29, 1.82) is 0 Å². The van der Waals surface area contributed by atoms with Crippen molar-refractivity contribution >= 4 is 34.8 Å². The van der Waals surface area contributed by atoms with Crippen LogP contribution in [0.2, 0.25) is 5.02 Å². The van der Waals surface area contributed by atoms with E-state index in [2.05, 4.69) is 10.4 Å². The van der Waals surface area contributed by atoms with Gasteiger partial charge in [0, 0.05) is 17.1 Å². The third kappa shape index (κ3) is 4.99. The third-order valence-electron chi connectivity index (χ3n) is 5.45. The molecule has 4 rings (SSSR count). The number of rotatable bonds is 7. The van der Waals surface area contributed by atoms with Gasteiger partial charge in [-0.3, -0.25) is 9.59 Å².